The summed E-state index contributed by atoms with van der Waals surface area (Å²) in [6.07, 6.45) is 2.28. The van der Waals surface area contributed by atoms with Gasteiger partial charge in [0.2, 0.25) is 0 Å². The van der Waals surface area contributed by atoms with Gasteiger partial charge in [-0.25, -0.2) is 4.98 Å². The molecule has 0 bridgehead atoms. The zero-order valence-electron chi connectivity index (χ0n) is 7.77. The number of nitriles is 1. The Balaban J connectivity index is 2.41. The third-order valence-electron chi connectivity index (χ3n) is 1.93. The number of aromatic nitrogens is 2. The van der Waals surface area contributed by atoms with Crippen molar-refractivity contribution in [2.75, 3.05) is 0 Å². The van der Waals surface area contributed by atoms with E-state index in [4.69, 9.17) is 5.26 Å². The quantitative estimate of drug-likeness (QED) is 0.751. The molecule has 0 N–H and O–H groups in total. The molecule has 0 atom stereocenters. The average molecular weight is 203 g/mol. The molecular formula is C10H9N3S. The fourth-order valence-electron chi connectivity index (χ4n) is 1.33. The minimum atomic E-state index is 0.374. The van der Waals surface area contributed by atoms with Crippen molar-refractivity contribution in [1.82, 2.24) is 9.55 Å². The monoisotopic (exact) mass is 203 g/mol. The normalized spacial score (nSPS) is 10.0. The molecule has 0 aromatic carbocycles. The summed E-state index contributed by atoms with van der Waals surface area (Å²) >= 11 is 1.66. The first-order valence-electron chi connectivity index (χ1n) is 4.24. The lowest BCUT2D eigenvalue weighted by molar-refractivity contribution is 0.926. The Kier molecular flexibility index (Phi) is 2.33. The average Bonchev–Trinajstić information content (AvgIpc) is 2.74. The van der Waals surface area contributed by atoms with Crippen molar-refractivity contribution in [3.8, 4) is 16.8 Å². The van der Waals surface area contributed by atoms with Gasteiger partial charge in [-0.15, -0.1) is 11.3 Å². The van der Waals surface area contributed by atoms with Gasteiger partial charge < -0.3 is 4.57 Å². The molecule has 2 aromatic rings. The molecular weight excluding hydrogens is 194 g/mol. The highest BCUT2D eigenvalue weighted by molar-refractivity contribution is 7.13. The van der Waals surface area contributed by atoms with Crippen molar-refractivity contribution < 1.29 is 0 Å². The minimum Gasteiger partial charge on any atom is -0.333 e. The van der Waals surface area contributed by atoms with E-state index in [0.29, 0.717) is 6.42 Å². The first-order chi connectivity index (χ1) is 6.81. The molecule has 0 saturated heterocycles. The smallest absolute Gasteiger partial charge is 0.150 e. The van der Waals surface area contributed by atoms with E-state index in [1.54, 1.807) is 11.3 Å². The maximum absolute atomic E-state index is 8.55. The second-order valence-corrected chi connectivity index (χ2v) is 3.93. The summed E-state index contributed by atoms with van der Waals surface area (Å²) < 4.78 is 1.96. The predicted molar refractivity (Wildman–Crippen MR) is 55.8 cm³/mol. The second-order valence-electron chi connectivity index (χ2n) is 2.98. The number of thiophene rings is 1. The van der Waals surface area contributed by atoms with E-state index in [2.05, 4.69) is 11.1 Å². The van der Waals surface area contributed by atoms with Crippen molar-refractivity contribution in [3.05, 3.63) is 29.4 Å². The van der Waals surface area contributed by atoms with Crippen molar-refractivity contribution in [3.63, 3.8) is 0 Å². The van der Waals surface area contributed by atoms with Crippen molar-refractivity contribution in [2.24, 2.45) is 7.05 Å². The maximum atomic E-state index is 8.55. The summed E-state index contributed by atoms with van der Waals surface area (Å²) in [7, 11) is 1.95. The van der Waals surface area contributed by atoms with Crippen LogP contribution in [0.5, 0.6) is 0 Å². The van der Waals surface area contributed by atoms with E-state index in [0.717, 1.165) is 16.4 Å². The molecule has 2 rings (SSSR count). The lowest BCUT2D eigenvalue weighted by Gasteiger charge is -1.95. The minimum absolute atomic E-state index is 0.374. The van der Waals surface area contributed by atoms with Gasteiger partial charge in [-0.2, -0.15) is 5.26 Å². The Labute approximate surface area is 86.3 Å². The van der Waals surface area contributed by atoms with Crippen molar-refractivity contribution >= 4 is 11.3 Å². The summed E-state index contributed by atoms with van der Waals surface area (Å²) in [6.45, 7) is 0. The van der Waals surface area contributed by atoms with E-state index >= 15 is 0 Å². The zero-order chi connectivity index (χ0) is 9.97. The first kappa shape index (κ1) is 8.97. The van der Waals surface area contributed by atoms with Gasteiger partial charge in [0, 0.05) is 13.2 Å². The Bertz CT molecular complexity index is 462. The first-order valence-corrected chi connectivity index (χ1v) is 5.12. The third-order valence-corrected chi connectivity index (χ3v) is 2.79. The standard InChI is InChI=1S/C10H9N3S/c1-13-7-8(4-5-11)12-10(13)9-3-2-6-14-9/h2-3,6-7H,4H2,1H3. The molecule has 0 aliphatic rings. The van der Waals surface area contributed by atoms with Crippen LogP contribution >= 0.6 is 11.3 Å². The van der Waals surface area contributed by atoms with Gasteiger partial charge in [0.25, 0.3) is 0 Å². The fraction of sp³-hybridized carbons (Fsp3) is 0.200. The maximum Gasteiger partial charge on any atom is 0.150 e. The molecule has 4 heteroatoms. The Hall–Kier alpha value is -1.60. The Morgan fingerprint density at radius 3 is 3.14 bits per heavy atom. The van der Waals surface area contributed by atoms with Crippen LogP contribution in [0.2, 0.25) is 0 Å². The van der Waals surface area contributed by atoms with Crippen molar-refractivity contribution in [1.29, 1.82) is 5.26 Å². The Morgan fingerprint density at radius 1 is 1.64 bits per heavy atom. The molecule has 3 nitrogen and oxygen atoms in total. The number of rotatable bonds is 2. The van der Waals surface area contributed by atoms with Crippen LogP contribution in [0.3, 0.4) is 0 Å². The van der Waals surface area contributed by atoms with Gasteiger partial charge in [0.05, 0.1) is 23.1 Å². The van der Waals surface area contributed by atoms with Crippen LogP contribution in [-0.2, 0) is 13.5 Å². The summed E-state index contributed by atoms with van der Waals surface area (Å²) in [4.78, 5) is 5.53. The fourth-order valence-corrected chi connectivity index (χ4v) is 2.09. The number of nitrogens with zero attached hydrogens (tertiary/aromatic N) is 3. The van der Waals surface area contributed by atoms with Crippen LogP contribution in [0.1, 0.15) is 5.69 Å². The highest BCUT2D eigenvalue weighted by Gasteiger charge is 2.07. The highest BCUT2D eigenvalue weighted by Crippen LogP contribution is 2.23. The van der Waals surface area contributed by atoms with Gasteiger partial charge in [-0.1, -0.05) is 6.07 Å². The van der Waals surface area contributed by atoms with Crippen LogP contribution in [0.25, 0.3) is 10.7 Å². The molecule has 0 fully saturated rings. The predicted octanol–water partition coefficient (Wildman–Crippen LogP) is 2.21. The lowest BCUT2D eigenvalue weighted by Crippen LogP contribution is -1.87. The summed E-state index contributed by atoms with van der Waals surface area (Å²) in [5.74, 6) is 0.935. The number of hydrogen-bond acceptors (Lipinski definition) is 3. The molecule has 14 heavy (non-hydrogen) atoms. The Morgan fingerprint density at radius 2 is 2.50 bits per heavy atom. The molecule has 0 aliphatic heterocycles. The number of imidazole rings is 1. The van der Waals surface area contributed by atoms with Crippen LogP contribution in [-0.4, -0.2) is 9.55 Å². The van der Waals surface area contributed by atoms with Crippen LogP contribution in [0.15, 0.2) is 23.7 Å². The molecule has 0 radical (unpaired) electrons. The number of hydrogen-bond donors (Lipinski definition) is 0. The molecule has 0 aliphatic carbocycles. The van der Waals surface area contributed by atoms with E-state index in [1.165, 1.54) is 0 Å². The number of aryl methyl sites for hydroxylation is 1. The van der Waals surface area contributed by atoms with Gasteiger partial charge in [-0.3, -0.25) is 0 Å². The van der Waals surface area contributed by atoms with Gasteiger partial charge in [0.1, 0.15) is 5.82 Å². The molecule has 0 unspecified atom stereocenters. The van der Waals surface area contributed by atoms with Crippen LogP contribution in [0, 0.1) is 11.3 Å². The largest absolute Gasteiger partial charge is 0.333 e. The van der Waals surface area contributed by atoms with E-state index in [9.17, 15) is 0 Å². The lowest BCUT2D eigenvalue weighted by atomic mass is 10.4. The van der Waals surface area contributed by atoms with E-state index in [1.807, 2.05) is 35.3 Å². The topological polar surface area (TPSA) is 41.6 Å². The summed E-state index contributed by atoms with van der Waals surface area (Å²) in [6, 6.07) is 6.13. The van der Waals surface area contributed by atoms with Crippen LogP contribution < -0.4 is 0 Å². The molecule has 0 amide bonds. The summed E-state index contributed by atoms with van der Waals surface area (Å²) in [5, 5.41) is 10.6. The molecule has 0 spiro atoms. The zero-order valence-corrected chi connectivity index (χ0v) is 8.58. The van der Waals surface area contributed by atoms with E-state index in [-0.39, 0.29) is 0 Å². The van der Waals surface area contributed by atoms with Gasteiger partial charge >= 0.3 is 0 Å². The molecule has 2 heterocycles. The SMILES string of the molecule is Cn1cc(CC#N)nc1-c1cccs1. The molecule has 2 aromatic heterocycles. The summed E-state index contributed by atoms with van der Waals surface area (Å²) in [5.41, 5.74) is 0.832. The highest BCUT2D eigenvalue weighted by atomic mass is 32.1. The van der Waals surface area contributed by atoms with Crippen LogP contribution in [0.4, 0.5) is 0 Å². The second kappa shape index (κ2) is 3.64. The molecule has 0 saturated carbocycles. The van der Waals surface area contributed by atoms with Gasteiger partial charge in [0.15, 0.2) is 0 Å². The van der Waals surface area contributed by atoms with Gasteiger partial charge in [-0.05, 0) is 11.4 Å². The van der Waals surface area contributed by atoms with E-state index < -0.39 is 0 Å². The third kappa shape index (κ3) is 1.54. The molecule has 70 valence electrons. The van der Waals surface area contributed by atoms with Crippen molar-refractivity contribution in [2.45, 2.75) is 6.42 Å².